The van der Waals surface area contributed by atoms with Gasteiger partial charge in [-0.15, -0.1) is 0 Å². The third kappa shape index (κ3) is 1.99. The van der Waals surface area contributed by atoms with E-state index in [1.54, 1.807) is 18.2 Å². The highest BCUT2D eigenvalue weighted by atomic mass is 16.4. The van der Waals surface area contributed by atoms with Crippen LogP contribution in [0.2, 0.25) is 0 Å². The zero-order valence-corrected chi connectivity index (χ0v) is 7.29. The summed E-state index contributed by atoms with van der Waals surface area (Å²) in [6, 6.07) is 6.29. The van der Waals surface area contributed by atoms with Crippen LogP contribution in [0, 0.1) is 0 Å². The number of carboxylic acid groups (broad SMARTS) is 1. The van der Waals surface area contributed by atoms with E-state index in [-0.39, 0.29) is 5.56 Å². The number of anilines is 1. The number of carboxylic acids is 1. The molecule has 0 unspecified atom stereocenters. The highest BCUT2D eigenvalue weighted by Gasteiger charge is 2.11. The van der Waals surface area contributed by atoms with Crippen molar-refractivity contribution in [3.63, 3.8) is 0 Å². The van der Waals surface area contributed by atoms with Crippen molar-refractivity contribution in [2.45, 2.75) is 0 Å². The minimum absolute atomic E-state index is 0.0925. The van der Waals surface area contributed by atoms with E-state index in [9.17, 15) is 4.79 Å². The number of hydrazone groups is 1. The molecular weight excluding hydrogens is 184 g/mol. The maximum absolute atomic E-state index is 10.8. The Hall–Kier alpha value is -2.08. The van der Waals surface area contributed by atoms with Gasteiger partial charge in [0.2, 0.25) is 0 Å². The predicted molar refractivity (Wildman–Crippen MR) is 52.7 cm³/mol. The number of hydrogen-bond donors (Lipinski definition) is 3. The number of aromatic carboxylic acids is 1. The molecule has 0 saturated heterocycles. The second-order valence-corrected chi connectivity index (χ2v) is 2.49. The van der Waals surface area contributed by atoms with E-state index < -0.39 is 5.97 Å². The average Bonchev–Trinajstić information content (AvgIpc) is 2.18. The van der Waals surface area contributed by atoms with Gasteiger partial charge in [0.15, 0.2) is 0 Å². The van der Waals surface area contributed by atoms with Crippen LogP contribution < -0.4 is 16.7 Å². The first kappa shape index (κ1) is 10.0. The molecule has 1 rings (SSSR count). The Morgan fingerprint density at radius 3 is 2.71 bits per heavy atom. The first-order chi connectivity index (χ1) is 6.66. The number of nitrogens with two attached hydrogens (primary N) is 2. The summed E-state index contributed by atoms with van der Waals surface area (Å²) in [6.07, 6.45) is 1.13. The Labute approximate surface area is 80.4 Å². The number of hydrogen-bond acceptors (Lipinski definition) is 4. The third-order valence-electron chi connectivity index (χ3n) is 1.60. The van der Waals surface area contributed by atoms with E-state index in [1.807, 2.05) is 0 Å². The van der Waals surface area contributed by atoms with Crippen LogP contribution in [0.3, 0.4) is 0 Å². The Morgan fingerprint density at radius 2 is 2.14 bits per heavy atom. The summed E-state index contributed by atoms with van der Waals surface area (Å²) in [4.78, 5) is 10.8. The molecular formula is C8H10N4O2. The topological polar surface area (TPSA) is 105 Å². The molecule has 1 aromatic carbocycles. The number of para-hydroxylation sites is 1. The minimum atomic E-state index is -1.05. The van der Waals surface area contributed by atoms with Crippen molar-refractivity contribution < 1.29 is 9.90 Å². The minimum Gasteiger partial charge on any atom is -0.478 e. The van der Waals surface area contributed by atoms with Gasteiger partial charge in [-0.25, -0.2) is 10.6 Å². The summed E-state index contributed by atoms with van der Waals surface area (Å²) in [5, 5.41) is 13.1. The van der Waals surface area contributed by atoms with Gasteiger partial charge in [-0.2, -0.15) is 5.10 Å². The number of benzene rings is 1. The van der Waals surface area contributed by atoms with Crippen LogP contribution in [0.15, 0.2) is 29.4 Å². The van der Waals surface area contributed by atoms with E-state index in [4.69, 9.17) is 16.8 Å². The smallest absolute Gasteiger partial charge is 0.337 e. The van der Waals surface area contributed by atoms with Gasteiger partial charge < -0.3 is 10.9 Å². The largest absolute Gasteiger partial charge is 0.478 e. The van der Waals surface area contributed by atoms with Crippen molar-refractivity contribution in [1.29, 1.82) is 0 Å². The van der Waals surface area contributed by atoms with Gasteiger partial charge in [0.25, 0.3) is 0 Å². The number of rotatable bonds is 3. The van der Waals surface area contributed by atoms with Gasteiger partial charge in [-0.3, -0.25) is 5.01 Å². The second-order valence-electron chi connectivity index (χ2n) is 2.49. The van der Waals surface area contributed by atoms with Crippen molar-refractivity contribution in [2.75, 3.05) is 5.01 Å². The molecule has 6 nitrogen and oxygen atoms in total. The molecule has 1 aromatic rings. The normalized spacial score (nSPS) is 10.4. The summed E-state index contributed by atoms with van der Waals surface area (Å²) in [5.74, 6) is 9.32. The molecule has 0 spiro atoms. The highest BCUT2D eigenvalue weighted by molar-refractivity contribution is 5.97. The van der Waals surface area contributed by atoms with Crippen LogP contribution in [0.5, 0.6) is 0 Å². The van der Waals surface area contributed by atoms with Gasteiger partial charge in [0.05, 0.1) is 11.3 Å². The summed E-state index contributed by atoms with van der Waals surface area (Å²) in [6.45, 7) is 0. The zero-order valence-electron chi connectivity index (χ0n) is 7.29. The molecule has 0 bridgehead atoms. The molecule has 6 heteroatoms. The first-order valence-corrected chi connectivity index (χ1v) is 3.76. The Balaban J connectivity index is 3.12. The van der Waals surface area contributed by atoms with Gasteiger partial charge in [0, 0.05) is 0 Å². The zero-order chi connectivity index (χ0) is 10.6. The van der Waals surface area contributed by atoms with Crippen LogP contribution >= 0.6 is 0 Å². The Morgan fingerprint density at radius 1 is 1.50 bits per heavy atom. The van der Waals surface area contributed by atoms with Gasteiger partial charge in [0.1, 0.15) is 6.34 Å². The molecule has 0 amide bonds. The lowest BCUT2D eigenvalue weighted by atomic mass is 10.2. The molecule has 0 radical (unpaired) electrons. The molecule has 5 N–H and O–H groups in total. The van der Waals surface area contributed by atoms with E-state index in [0.29, 0.717) is 5.69 Å². The summed E-state index contributed by atoms with van der Waals surface area (Å²) in [7, 11) is 0. The molecule has 0 atom stereocenters. The van der Waals surface area contributed by atoms with E-state index in [0.717, 1.165) is 11.3 Å². The van der Waals surface area contributed by atoms with Crippen LogP contribution in [0.4, 0.5) is 5.69 Å². The molecule has 0 aliphatic rings. The molecule has 0 aliphatic heterocycles. The van der Waals surface area contributed by atoms with Crippen molar-refractivity contribution in [1.82, 2.24) is 0 Å². The predicted octanol–water partition coefficient (Wildman–Crippen LogP) is -0.0331. The average molecular weight is 194 g/mol. The first-order valence-electron chi connectivity index (χ1n) is 3.76. The number of hydrazine groups is 1. The lowest BCUT2D eigenvalue weighted by Gasteiger charge is -2.14. The molecule has 0 aliphatic carbocycles. The van der Waals surface area contributed by atoms with E-state index in [2.05, 4.69) is 5.10 Å². The fourth-order valence-electron chi connectivity index (χ4n) is 1.01. The van der Waals surface area contributed by atoms with Crippen molar-refractivity contribution >= 4 is 18.0 Å². The van der Waals surface area contributed by atoms with E-state index >= 15 is 0 Å². The van der Waals surface area contributed by atoms with Crippen molar-refractivity contribution in [3.8, 4) is 0 Å². The maximum Gasteiger partial charge on any atom is 0.337 e. The Bertz CT molecular complexity index is 364. The molecule has 0 fully saturated rings. The maximum atomic E-state index is 10.8. The molecule has 0 heterocycles. The van der Waals surface area contributed by atoms with Crippen LogP contribution in [0.25, 0.3) is 0 Å². The summed E-state index contributed by atoms with van der Waals surface area (Å²) in [5.41, 5.74) is 0.420. The van der Waals surface area contributed by atoms with Crippen molar-refractivity contribution in [3.05, 3.63) is 29.8 Å². The Kier molecular flexibility index (Phi) is 3.03. The second kappa shape index (κ2) is 4.24. The fourth-order valence-corrected chi connectivity index (χ4v) is 1.01. The SMILES string of the molecule is N/N=C\N(N)c1ccccc1C(=O)O. The van der Waals surface area contributed by atoms with Crippen LogP contribution in [0.1, 0.15) is 10.4 Å². The molecule has 0 aromatic heterocycles. The van der Waals surface area contributed by atoms with E-state index in [1.165, 1.54) is 6.07 Å². The lowest BCUT2D eigenvalue weighted by Crippen LogP contribution is -2.31. The van der Waals surface area contributed by atoms with Gasteiger partial charge >= 0.3 is 5.97 Å². The standard InChI is InChI=1S/C8H10N4O2/c9-11-5-12(10)7-4-2-1-3-6(7)8(13)14/h1-5H,9-10H2,(H,13,14)/b11-5-. The third-order valence-corrected chi connectivity index (χ3v) is 1.60. The van der Waals surface area contributed by atoms with Crippen LogP contribution in [-0.2, 0) is 0 Å². The highest BCUT2D eigenvalue weighted by Crippen LogP contribution is 2.16. The lowest BCUT2D eigenvalue weighted by molar-refractivity contribution is 0.0697. The summed E-state index contributed by atoms with van der Waals surface area (Å²) >= 11 is 0. The molecule has 0 saturated carbocycles. The fraction of sp³-hybridized carbons (Fsp3) is 0. The molecule has 14 heavy (non-hydrogen) atoms. The van der Waals surface area contributed by atoms with Gasteiger partial charge in [-0.05, 0) is 12.1 Å². The molecule has 74 valence electrons. The quantitative estimate of drug-likeness (QED) is 0.271. The van der Waals surface area contributed by atoms with Crippen molar-refractivity contribution in [2.24, 2.45) is 16.8 Å². The number of carbonyl (C=O) groups is 1. The summed E-state index contributed by atoms with van der Waals surface area (Å²) < 4.78 is 0. The van der Waals surface area contributed by atoms with Gasteiger partial charge in [-0.1, -0.05) is 12.1 Å². The monoisotopic (exact) mass is 194 g/mol. The number of nitrogens with zero attached hydrogens (tertiary/aromatic N) is 2. The van der Waals surface area contributed by atoms with Crippen LogP contribution in [-0.4, -0.2) is 17.4 Å².